The molecule has 0 saturated heterocycles. The minimum Gasteiger partial charge on any atom is -0.434 e. The SMILES string of the molecule is CCCCCCCCOC(=O)OC(C)OP(=O)(N=C(N)n1cncn1)OC(C)OC(=O)OCCCCCCCC. The molecule has 0 fully saturated rings. The average molecular weight is 592 g/mol. The Morgan fingerprint density at radius 2 is 1.27 bits per heavy atom. The molecule has 1 aromatic heterocycles. The summed E-state index contributed by atoms with van der Waals surface area (Å²) >= 11 is 0. The van der Waals surface area contributed by atoms with Crippen LogP contribution in [0.25, 0.3) is 0 Å². The maximum Gasteiger partial charge on any atom is 0.510 e. The van der Waals surface area contributed by atoms with Crippen molar-refractivity contribution in [2.24, 2.45) is 10.5 Å². The van der Waals surface area contributed by atoms with E-state index in [0.717, 1.165) is 56.0 Å². The second-order valence-electron chi connectivity index (χ2n) is 9.08. The largest absolute Gasteiger partial charge is 0.510 e. The summed E-state index contributed by atoms with van der Waals surface area (Å²) in [6.45, 7) is 7.22. The van der Waals surface area contributed by atoms with Crippen molar-refractivity contribution in [3.8, 4) is 0 Å². The Balaban J connectivity index is 2.62. The van der Waals surface area contributed by atoms with Crippen LogP contribution in [0.2, 0.25) is 0 Å². The van der Waals surface area contributed by atoms with Gasteiger partial charge in [-0.25, -0.2) is 28.2 Å². The molecule has 0 aliphatic rings. The lowest BCUT2D eigenvalue weighted by molar-refractivity contribution is -0.0858. The molecule has 0 spiro atoms. The Labute approximate surface area is 236 Å². The summed E-state index contributed by atoms with van der Waals surface area (Å²) in [7, 11) is -4.53. The van der Waals surface area contributed by atoms with Crippen molar-refractivity contribution < 1.29 is 42.1 Å². The summed E-state index contributed by atoms with van der Waals surface area (Å²) in [6, 6.07) is 0. The highest BCUT2D eigenvalue weighted by atomic mass is 31.2. The lowest BCUT2D eigenvalue weighted by atomic mass is 10.1. The standard InChI is InChI=1S/C25H46N5O9P/c1-5-7-9-11-13-15-17-34-24(31)36-21(3)38-40(33,29-23(26)30-20-27-19-28-30)39-22(4)37-25(32)35-18-16-14-12-10-8-6-2/h19-22H,5-18H2,1-4H3,(H2,26,29,33). The molecule has 15 heteroatoms. The number of carbonyl (C=O) groups is 2. The molecular formula is C25H46N5O9P. The molecule has 2 unspecified atom stereocenters. The number of rotatable bonds is 21. The molecule has 2 N–H and O–H groups in total. The van der Waals surface area contributed by atoms with Crippen LogP contribution in [0.1, 0.15) is 105 Å². The van der Waals surface area contributed by atoms with Gasteiger partial charge in [0.15, 0.2) is 0 Å². The third-order valence-electron chi connectivity index (χ3n) is 5.40. The molecule has 0 aliphatic carbocycles. The first-order valence-corrected chi connectivity index (χ1v) is 15.5. The average Bonchev–Trinajstić information content (AvgIpc) is 3.42. The van der Waals surface area contributed by atoms with Crippen LogP contribution in [0.4, 0.5) is 9.59 Å². The molecule has 0 bridgehead atoms. The van der Waals surface area contributed by atoms with Crippen molar-refractivity contribution in [2.75, 3.05) is 13.2 Å². The topological polar surface area (TPSA) is 176 Å². The zero-order valence-corrected chi connectivity index (χ0v) is 25.1. The lowest BCUT2D eigenvalue weighted by Crippen LogP contribution is -2.25. The molecule has 2 atom stereocenters. The molecule has 0 aliphatic heterocycles. The minimum atomic E-state index is -4.53. The van der Waals surface area contributed by atoms with Crippen LogP contribution in [-0.4, -0.2) is 58.8 Å². The minimum absolute atomic E-state index is 0.176. The number of unbranched alkanes of at least 4 members (excludes halogenated alkanes) is 10. The highest BCUT2D eigenvalue weighted by Crippen LogP contribution is 2.52. The van der Waals surface area contributed by atoms with E-state index in [2.05, 4.69) is 28.7 Å². The Kier molecular flexibility index (Phi) is 18.6. The number of nitrogens with zero attached hydrogens (tertiary/aromatic N) is 4. The van der Waals surface area contributed by atoms with E-state index in [1.165, 1.54) is 39.3 Å². The Hall–Kier alpha value is -2.70. The van der Waals surface area contributed by atoms with Crippen molar-refractivity contribution in [1.82, 2.24) is 14.8 Å². The van der Waals surface area contributed by atoms with Gasteiger partial charge in [-0.2, -0.15) is 9.78 Å². The number of carbonyl (C=O) groups excluding carboxylic acids is 2. The summed E-state index contributed by atoms with van der Waals surface area (Å²) in [4.78, 5) is 27.8. The van der Waals surface area contributed by atoms with Crippen molar-refractivity contribution in [3.63, 3.8) is 0 Å². The molecule has 0 aromatic carbocycles. The molecule has 14 nitrogen and oxygen atoms in total. The van der Waals surface area contributed by atoms with Gasteiger partial charge in [-0.1, -0.05) is 78.1 Å². The molecule has 0 radical (unpaired) electrons. The Bertz CT molecular complexity index is 857. The Morgan fingerprint density at radius 3 is 1.70 bits per heavy atom. The van der Waals surface area contributed by atoms with Gasteiger partial charge in [-0.15, -0.1) is 4.76 Å². The van der Waals surface area contributed by atoms with E-state index in [-0.39, 0.29) is 13.2 Å². The van der Waals surface area contributed by atoms with E-state index in [1.807, 2.05) is 0 Å². The van der Waals surface area contributed by atoms with Crippen LogP contribution in [0, 0.1) is 0 Å². The van der Waals surface area contributed by atoms with Crippen LogP contribution in [0.5, 0.6) is 0 Å². The highest BCUT2D eigenvalue weighted by molar-refractivity contribution is 7.52. The second kappa shape index (κ2) is 21.1. The van der Waals surface area contributed by atoms with E-state index < -0.39 is 38.6 Å². The van der Waals surface area contributed by atoms with Gasteiger partial charge in [-0.05, 0) is 26.7 Å². The van der Waals surface area contributed by atoms with Crippen molar-refractivity contribution >= 4 is 26.0 Å². The lowest BCUT2D eigenvalue weighted by Gasteiger charge is -2.22. The first-order valence-electron chi connectivity index (χ1n) is 14.0. The van der Waals surface area contributed by atoms with Gasteiger partial charge in [-0.3, -0.25) is 0 Å². The Morgan fingerprint density at radius 1 is 0.825 bits per heavy atom. The third kappa shape index (κ3) is 17.1. The maximum atomic E-state index is 13.4. The van der Waals surface area contributed by atoms with E-state index in [0.29, 0.717) is 12.8 Å². The number of hydrogen-bond donors (Lipinski definition) is 1. The number of hydrogen-bond acceptors (Lipinski definition) is 11. The van der Waals surface area contributed by atoms with E-state index >= 15 is 0 Å². The van der Waals surface area contributed by atoms with Gasteiger partial charge < -0.3 is 24.7 Å². The van der Waals surface area contributed by atoms with Gasteiger partial charge in [0.1, 0.15) is 12.7 Å². The number of aromatic nitrogens is 3. The van der Waals surface area contributed by atoms with Crippen LogP contribution < -0.4 is 5.73 Å². The van der Waals surface area contributed by atoms with Crippen LogP contribution in [-0.2, 0) is 32.6 Å². The fraction of sp³-hybridized carbons (Fsp3) is 0.800. The molecule has 0 amide bonds. The molecule has 40 heavy (non-hydrogen) atoms. The summed E-state index contributed by atoms with van der Waals surface area (Å²) in [6.07, 6.45) is 9.83. The molecule has 0 saturated carbocycles. The van der Waals surface area contributed by atoms with Crippen molar-refractivity contribution in [2.45, 2.75) is 117 Å². The fourth-order valence-corrected chi connectivity index (χ4v) is 4.73. The normalized spacial score (nSPS) is 14.7. The molecule has 1 aromatic rings. The summed E-state index contributed by atoms with van der Waals surface area (Å²) in [5.41, 5.74) is 5.84. The molecule has 1 heterocycles. The van der Waals surface area contributed by atoms with Crippen molar-refractivity contribution in [1.29, 1.82) is 0 Å². The van der Waals surface area contributed by atoms with E-state index in [1.54, 1.807) is 0 Å². The quantitative estimate of drug-likeness (QED) is 0.0422. The van der Waals surface area contributed by atoms with Crippen LogP contribution in [0.15, 0.2) is 17.4 Å². The second-order valence-corrected chi connectivity index (χ2v) is 10.6. The van der Waals surface area contributed by atoms with Gasteiger partial charge in [0.25, 0.3) is 0 Å². The highest BCUT2D eigenvalue weighted by Gasteiger charge is 2.34. The van der Waals surface area contributed by atoms with Gasteiger partial charge in [0.2, 0.25) is 18.5 Å². The summed E-state index contributed by atoms with van der Waals surface area (Å²) < 4.78 is 48.9. The predicted octanol–water partition coefficient (Wildman–Crippen LogP) is 6.30. The van der Waals surface area contributed by atoms with Gasteiger partial charge in [0.05, 0.1) is 13.2 Å². The van der Waals surface area contributed by atoms with Gasteiger partial charge in [0, 0.05) is 0 Å². The number of nitrogens with two attached hydrogens (primary N) is 1. The summed E-state index contributed by atoms with van der Waals surface area (Å²) in [5.74, 6) is -0.392. The van der Waals surface area contributed by atoms with Crippen molar-refractivity contribution in [3.05, 3.63) is 12.7 Å². The first kappa shape index (κ1) is 35.3. The van der Waals surface area contributed by atoms with E-state index in [4.69, 9.17) is 33.7 Å². The fourth-order valence-electron chi connectivity index (χ4n) is 3.40. The first-order chi connectivity index (χ1) is 19.2. The zero-order valence-electron chi connectivity index (χ0n) is 24.2. The monoisotopic (exact) mass is 591 g/mol. The van der Waals surface area contributed by atoms with Gasteiger partial charge >= 0.3 is 20.1 Å². The van der Waals surface area contributed by atoms with Crippen LogP contribution >= 0.6 is 7.75 Å². The van der Waals surface area contributed by atoms with E-state index in [9.17, 15) is 14.2 Å². The smallest absolute Gasteiger partial charge is 0.434 e. The zero-order chi connectivity index (χ0) is 29.6. The van der Waals surface area contributed by atoms with Crippen LogP contribution in [0.3, 0.4) is 0 Å². The summed E-state index contributed by atoms with van der Waals surface area (Å²) in [5, 5.41) is 3.79. The maximum absolute atomic E-state index is 13.4. The third-order valence-corrected chi connectivity index (χ3v) is 6.98. The predicted molar refractivity (Wildman–Crippen MR) is 147 cm³/mol. The molecular weight excluding hydrogens is 545 g/mol. The number of ether oxygens (including phenoxy) is 4. The molecule has 1 rings (SSSR count). The molecule has 230 valence electrons.